The lowest BCUT2D eigenvalue weighted by Gasteiger charge is -2.29. The Labute approximate surface area is 134 Å². The summed E-state index contributed by atoms with van der Waals surface area (Å²) < 4.78 is 40.5. The molecule has 0 amide bonds. The molecule has 2 unspecified atom stereocenters. The molecule has 2 aliphatic rings. The molecule has 2 bridgehead atoms. The van der Waals surface area contributed by atoms with Crippen LogP contribution in [0.25, 0.3) is 0 Å². The molecule has 2 heterocycles. The molecule has 21 heavy (non-hydrogen) atoms. The summed E-state index contributed by atoms with van der Waals surface area (Å²) in [5.74, 6) is -0.611. The molecule has 2 fully saturated rings. The fraction of sp³-hybridized carbons (Fsp3) is 0.538. The molecule has 0 aromatic heterocycles. The SMILES string of the molecule is Cl.O=S(=O)(NC1CC2CCC(C1)N2)c1cc(F)ccc1Cl. The van der Waals surface area contributed by atoms with E-state index in [2.05, 4.69) is 10.0 Å². The van der Waals surface area contributed by atoms with Crippen LogP contribution >= 0.6 is 24.0 Å². The standard InChI is InChI=1S/C13H16ClFN2O2S.ClH/c14-12-4-1-8(15)5-13(12)20(18,19)17-11-6-9-2-3-10(7-11)16-9;/h1,4-5,9-11,16-17H,2-3,6-7H2;1H. The average Bonchev–Trinajstić information content (AvgIpc) is 2.71. The number of halogens is 3. The lowest BCUT2D eigenvalue weighted by Crippen LogP contribution is -2.47. The van der Waals surface area contributed by atoms with Gasteiger partial charge in [-0.1, -0.05) is 11.6 Å². The van der Waals surface area contributed by atoms with Gasteiger partial charge in [0.15, 0.2) is 0 Å². The summed E-state index contributed by atoms with van der Waals surface area (Å²) in [4.78, 5) is -0.190. The first-order valence-electron chi connectivity index (χ1n) is 6.67. The maximum atomic E-state index is 13.2. The van der Waals surface area contributed by atoms with Gasteiger partial charge in [0.05, 0.1) is 5.02 Å². The second-order valence-electron chi connectivity index (χ2n) is 5.50. The van der Waals surface area contributed by atoms with Crippen molar-refractivity contribution in [1.82, 2.24) is 10.0 Å². The second kappa shape index (κ2) is 6.38. The highest BCUT2D eigenvalue weighted by molar-refractivity contribution is 7.89. The Bertz CT molecular complexity index is 615. The van der Waals surface area contributed by atoms with Crippen LogP contribution < -0.4 is 10.0 Å². The van der Waals surface area contributed by atoms with E-state index in [1.807, 2.05) is 0 Å². The first-order chi connectivity index (χ1) is 9.44. The smallest absolute Gasteiger partial charge is 0.242 e. The van der Waals surface area contributed by atoms with E-state index >= 15 is 0 Å². The van der Waals surface area contributed by atoms with Crippen LogP contribution in [-0.2, 0) is 10.0 Å². The Morgan fingerprint density at radius 1 is 1.24 bits per heavy atom. The van der Waals surface area contributed by atoms with E-state index in [-0.39, 0.29) is 28.4 Å². The predicted molar refractivity (Wildman–Crippen MR) is 81.9 cm³/mol. The predicted octanol–water partition coefficient (Wildman–Crippen LogP) is 2.46. The van der Waals surface area contributed by atoms with Crippen LogP contribution in [0.3, 0.4) is 0 Å². The summed E-state index contributed by atoms with van der Waals surface area (Å²) in [6.45, 7) is 0. The Morgan fingerprint density at radius 2 is 1.86 bits per heavy atom. The Kier molecular flexibility index (Phi) is 5.15. The number of piperidine rings is 1. The normalized spacial score (nSPS) is 28.2. The Balaban J connectivity index is 0.00000161. The number of hydrogen-bond acceptors (Lipinski definition) is 3. The molecule has 2 aliphatic heterocycles. The van der Waals surface area contributed by atoms with Gasteiger partial charge in [0, 0.05) is 18.1 Å². The topological polar surface area (TPSA) is 58.2 Å². The molecule has 0 radical (unpaired) electrons. The minimum Gasteiger partial charge on any atom is -0.311 e. The molecule has 4 nitrogen and oxygen atoms in total. The van der Waals surface area contributed by atoms with Crippen molar-refractivity contribution in [2.75, 3.05) is 0 Å². The highest BCUT2D eigenvalue weighted by atomic mass is 35.5. The zero-order chi connectivity index (χ0) is 14.3. The maximum absolute atomic E-state index is 13.2. The monoisotopic (exact) mass is 354 g/mol. The number of nitrogens with one attached hydrogen (secondary N) is 2. The Morgan fingerprint density at radius 3 is 2.48 bits per heavy atom. The van der Waals surface area contributed by atoms with E-state index in [1.54, 1.807) is 0 Å². The van der Waals surface area contributed by atoms with Gasteiger partial charge in [0.2, 0.25) is 10.0 Å². The number of benzene rings is 1. The van der Waals surface area contributed by atoms with E-state index in [9.17, 15) is 12.8 Å². The van der Waals surface area contributed by atoms with Crippen LogP contribution in [0.15, 0.2) is 23.1 Å². The van der Waals surface area contributed by atoms with Crippen LogP contribution in [0, 0.1) is 5.82 Å². The molecule has 2 N–H and O–H groups in total. The van der Waals surface area contributed by atoms with Crippen molar-refractivity contribution < 1.29 is 12.8 Å². The van der Waals surface area contributed by atoms with Crippen molar-refractivity contribution in [2.45, 2.75) is 48.7 Å². The van der Waals surface area contributed by atoms with Crippen molar-refractivity contribution >= 4 is 34.0 Å². The van der Waals surface area contributed by atoms with Gasteiger partial charge >= 0.3 is 0 Å². The van der Waals surface area contributed by atoms with Gasteiger partial charge in [0.1, 0.15) is 10.7 Å². The fourth-order valence-corrected chi connectivity index (χ4v) is 4.89. The first kappa shape index (κ1) is 17.0. The zero-order valence-electron chi connectivity index (χ0n) is 11.2. The second-order valence-corrected chi connectivity index (χ2v) is 7.59. The Hall–Kier alpha value is -0.400. The maximum Gasteiger partial charge on any atom is 0.242 e. The van der Waals surface area contributed by atoms with Gasteiger partial charge in [-0.05, 0) is 43.9 Å². The molecular formula is C13H17Cl2FN2O2S. The highest BCUT2D eigenvalue weighted by Gasteiger charge is 2.35. The summed E-state index contributed by atoms with van der Waals surface area (Å²) in [6, 6.07) is 4.01. The summed E-state index contributed by atoms with van der Waals surface area (Å²) >= 11 is 5.87. The first-order valence-corrected chi connectivity index (χ1v) is 8.53. The van der Waals surface area contributed by atoms with Crippen LogP contribution in [0.5, 0.6) is 0 Å². The summed E-state index contributed by atoms with van der Waals surface area (Å²) in [7, 11) is -3.78. The van der Waals surface area contributed by atoms with Crippen molar-refractivity contribution in [1.29, 1.82) is 0 Å². The molecule has 1 aromatic rings. The largest absolute Gasteiger partial charge is 0.311 e. The van der Waals surface area contributed by atoms with Gasteiger partial charge in [-0.15, -0.1) is 12.4 Å². The number of fused-ring (bicyclic) bond motifs is 2. The van der Waals surface area contributed by atoms with E-state index < -0.39 is 15.8 Å². The van der Waals surface area contributed by atoms with Gasteiger partial charge < -0.3 is 5.32 Å². The van der Waals surface area contributed by atoms with E-state index in [4.69, 9.17) is 11.6 Å². The summed E-state index contributed by atoms with van der Waals surface area (Å²) in [5, 5.41) is 3.48. The third-order valence-electron chi connectivity index (χ3n) is 3.98. The van der Waals surface area contributed by atoms with Crippen LogP contribution in [0.4, 0.5) is 4.39 Å². The third-order valence-corrected chi connectivity index (χ3v) is 5.98. The molecule has 8 heteroatoms. The highest BCUT2D eigenvalue weighted by Crippen LogP contribution is 2.29. The van der Waals surface area contributed by atoms with Crippen molar-refractivity contribution in [3.05, 3.63) is 29.0 Å². The van der Waals surface area contributed by atoms with Gasteiger partial charge in [-0.2, -0.15) is 0 Å². The van der Waals surface area contributed by atoms with Crippen molar-refractivity contribution in [3.8, 4) is 0 Å². The number of hydrogen-bond donors (Lipinski definition) is 2. The molecule has 118 valence electrons. The molecular weight excluding hydrogens is 338 g/mol. The minimum absolute atomic E-state index is 0. The van der Waals surface area contributed by atoms with E-state index in [0.29, 0.717) is 12.1 Å². The fourth-order valence-electron chi connectivity index (χ4n) is 3.12. The molecule has 0 saturated carbocycles. The van der Waals surface area contributed by atoms with Gasteiger partial charge in [0.25, 0.3) is 0 Å². The number of sulfonamides is 1. The summed E-state index contributed by atoms with van der Waals surface area (Å²) in [5.41, 5.74) is 0. The molecule has 3 rings (SSSR count). The van der Waals surface area contributed by atoms with Crippen LogP contribution in [-0.4, -0.2) is 26.5 Å². The van der Waals surface area contributed by atoms with E-state index in [0.717, 1.165) is 37.8 Å². The van der Waals surface area contributed by atoms with E-state index in [1.165, 1.54) is 6.07 Å². The van der Waals surface area contributed by atoms with Crippen molar-refractivity contribution in [3.63, 3.8) is 0 Å². The van der Waals surface area contributed by atoms with Gasteiger partial charge in [-0.3, -0.25) is 0 Å². The van der Waals surface area contributed by atoms with Crippen LogP contribution in [0.2, 0.25) is 5.02 Å². The minimum atomic E-state index is -3.78. The zero-order valence-corrected chi connectivity index (χ0v) is 13.6. The molecule has 0 spiro atoms. The molecule has 0 aliphatic carbocycles. The number of rotatable bonds is 3. The third kappa shape index (κ3) is 3.68. The molecule has 1 aromatic carbocycles. The molecule has 2 saturated heterocycles. The molecule has 2 atom stereocenters. The quantitative estimate of drug-likeness (QED) is 0.876. The lowest BCUT2D eigenvalue weighted by molar-refractivity contribution is 0.345. The van der Waals surface area contributed by atoms with Gasteiger partial charge in [-0.25, -0.2) is 17.5 Å². The average molecular weight is 355 g/mol. The lowest BCUT2D eigenvalue weighted by atomic mass is 10.0. The van der Waals surface area contributed by atoms with Crippen LogP contribution in [0.1, 0.15) is 25.7 Å². The summed E-state index contributed by atoms with van der Waals surface area (Å²) in [6.07, 6.45) is 3.71. The van der Waals surface area contributed by atoms with Crippen molar-refractivity contribution in [2.24, 2.45) is 0 Å².